The number of aryl methyl sites for hydroxylation is 1. The van der Waals surface area contributed by atoms with Crippen LogP contribution in [0.3, 0.4) is 0 Å². The zero-order valence-corrected chi connectivity index (χ0v) is 14.9. The van der Waals surface area contributed by atoms with Crippen molar-refractivity contribution in [2.45, 2.75) is 50.4 Å². The highest BCUT2D eigenvalue weighted by Crippen LogP contribution is 2.38. The number of hydrogen-bond acceptors (Lipinski definition) is 5. The van der Waals surface area contributed by atoms with Gasteiger partial charge < -0.3 is 20.1 Å². The quantitative estimate of drug-likeness (QED) is 0.863. The molecule has 3 rings (SSSR count). The van der Waals surface area contributed by atoms with E-state index < -0.39 is 5.60 Å². The Kier molecular flexibility index (Phi) is 4.53. The Labute approximate surface area is 141 Å². The van der Waals surface area contributed by atoms with E-state index in [0.29, 0.717) is 6.61 Å². The number of nitrogens with zero attached hydrogens (tertiary/aromatic N) is 1. The van der Waals surface area contributed by atoms with E-state index in [1.807, 2.05) is 37.2 Å². The van der Waals surface area contributed by atoms with Crippen LogP contribution in [0.2, 0.25) is 0 Å². The number of aliphatic hydroxyl groups is 1. The zero-order chi connectivity index (χ0) is 16.7. The fraction of sp³-hybridized carbons (Fsp3) is 0.706. The maximum atomic E-state index is 12.6. The Hall–Kier alpha value is -0.950. The summed E-state index contributed by atoms with van der Waals surface area (Å²) in [6.45, 7) is 5.58. The van der Waals surface area contributed by atoms with Crippen molar-refractivity contribution < 1.29 is 14.6 Å². The summed E-state index contributed by atoms with van der Waals surface area (Å²) in [6, 6.07) is 2.02. The summed E-state index contributed by atoms with van der Waals surface area (Å²) < 4.78 is 6.07. The average molecular weight is 338 g/mol. The Bertz CT molecular complexity index is 576. The monoisotopic (exact) mass is 338 g/mol. The van der Waals surface area contributed by atoms with Gasteiger partial charge in [0, 0.05) is 19.1 Å². The van der Waals surface area contributed by atoms with Crippen LogP contribution in [-0.4, -0.2) is 59.9 Å². The van der Waals surface area contributed by atoms with Crippen LogP contribution in [0.4, 0.5) is 0 Å². The van der Waals surface area contributed by atoms with Crippen molar-refractivity contribution >= 4 is 17.2 Å². The molecule has 128 valence electrons. The molecule has 0 radical (unpaired) electrons. The summed E-state index contributed by atoms with van der Waals surface area (Å²) in [4.78, 5) is 15.4. The highest BCUT2D eigenvalue weighted by Gasteiger charge is 2.48. The van der Waals surface area contributed by atoms with Gasteiger partial charge in [0.15, 0.2) is 0 Å². The van der Waals surface area contributed by atoms with Crippen LogP contribution in [0.5, 0.6) is 0 Å². The number of amides is 1. The van der Waals surface area contributed by atoms with Gasteiger partial charge in [0.25, 0.3) is 5.91 Å². The minimum absolute atomic E-state index is 0.0260. The van der Waals surface area contributed by atoms with Crippen molar-refractivity contribution in [1.29, 1.82) is 0 Å². The van der Waals surface area contributed by atoms with Gasteiger partial charge in [-0.1, -0.05) is 0 Å². The van der Waals surface area contributed by atoms with Crippen LogP contribution in [-0.2, 0) is 4.74 Å². The molecule has 0 bridgehead atoms. The number of ether oxygens (including phenoxy) is 1. The summed E-state index contributed by atoms with van der Waals surface area (Å²) in [5, 5.41) is 15.6. The van der Waals surface area contributed by atoms with Crippen LogP contribution >= 0.6 is 11.3 Å². The highest BCUT2D eigenvalue weighted by atomic mass is 32.1. The number of likely N-dealkylation sites (tertiary alicyclic amines) is 1. The molecule has 2 atom stereocenters. The lowest BCUT2D eigenvalue weighted by atomic mass is 9.77. The smallest absolute Gasteiger partial charge is 0.264 e. The number of likely N-dealkylation sites (N-methyl/N-ethyl adjacent to an activating group) is 1. The van der Waals surface area contributed by atoms with Crippen LogP contribution in [0.1, 0.15) is 41.4 Å². The van der Waals surface area contributed by atoms with Crippen molar-refractivity contribution in [2.75, 3.05) is 26.7 Å². The van der Waals surface area contributed by atoms with E-state index in [1.54, 1.807) is 0 Å². The van der Waals surface area contributed by atoms with E-state index in [9.17, 15) is 9.90 Å². The van der Waals surface area contributed by atoms with Crippen molar-refractivity contribution in [3.05, 3.63) is 21.9 Å². The predicted molar refractivity (Wildman–Crippen MR) is 91.0 cm³/mol. The van der Waals surface area contributed by atoms with Gasteiger partial charge in [-0.3, -0.25) is 4.79 Å². The zero-order valence-electron chi connectivity index (χ0n) is 14.1. The van der Waals surface area contributed by atoms with Crippen LogP contribution in [0.15, 0.2) is 11.4 Å². The van der Waals surface area contributed by atoms with E-state index >= 15 is 0 Å². The van der Waals surface area contributed by atoms with E-state index in [-0.39, 0.29) is 17.6 Å². The van der Waals surface area contributed by atoms with Crippen LogP contribution in [0.25, 0.3) is 0 Å². The molecule has 1 aromatic heterocycles. The molecule has 2 saturated heterocycles. The van der Waals surface area contributed by atoms with Gasteiger partial charge in [-0.15, -0.1) is 11.3 Å². The molecule has 23 heavy (non-hydrogen) atoms. The van der Waals surface area contributed by atoms with Gasteiger partial charge in [-0.05, 0) is 57.2 Å². The predicted octanol–water partition coefficient (Wildman–Crippen LogP) is 1.79. The normalized spacial score (nSPS) is 30.6. The molecule has 0 aliphatic carbocycles. The molecule has 3 heterocycles. The SMILES string of the molecule is CN[C@H]1CC2(CCN(C(=O)c3sccc3C)CC2)OC[C@]1(C)O. The number of thiophene rings is 1. The van der Waals surface area contributed by atoms with Crippen LogP contribution < -0.4 is 5.32 Å². The van der Waals surface area contributed by atoms with E-state index in [0.717, 1.165) is 42.8 Å². The molecule has 1 spiro atoms. The Morgan fingerprint density at radius 3 is 2.74 bits per heavy atom. The molecule has 2 aliphatic rings. The number of nitrogens with one attached hydrogen (secondary N) is 1. The van der Waals surface area contributed by atoms with Crippen molar-refractivity contribution in [3.63, 3.8) is 0 Å². The second-order valence-electron chi connectivity index (χ2n) is 7.10. The van der Waals surface area contributed by atoms with Gasteiger partial charge in [0.2, 0.25) is 0 Å². The topological polar surface area (TPSA) is 61.8 Å². The molecule has 1 aromatic rings. The molecule has 5 nitrogen and oxygen atoms in total. The lowest BCUT2D eigenvalue weighted by Gasteiger charge is -2.50. The highest BCUT2D eigenvalue weighted by molar-refractivity contribution is 7.12. The third kappa shape index (κ3) is 3.18. The van der Waals surface area contributed by atoms with Gasteiger partial charge in [0.1, 0.15) is 5.60 Å². The molecule has 2 fully saturated rings. The molecule has 0 unspecified atom stereocenters. The number of hydrogen-bond donors (Lipinski definition) is 2. The molecule has 0 aromatic carbocycles. The van der Waals surface area contributed by atoms with Crippen LogP contribution in [0, 0.1) is 6.92 Å². The van der Waals surface area contributed by atoms with Crippen molar-refractivity contribution in [3.8, 4) is 0 Å². The summed E-state index contributed by atoms with van der Waals surface area (Å²) >= 11 is 1.52. The van der Waals surface area contributed by atoms with Gasteiger partial charge >= 0.3 is 0 Å². The largest absolute Gasteiger partial charge is 0.386 e. The lowest BCUT2D eigenvalue weighted by Crippen LogP contribution is -2.62. The number of piperidine rings is 1. The minimum Gasteiger partial charge on any atom is -0.386 e. The third-order valence-electron chi connectivity index (χ3n) is 5.36. The molecular formula is C17H26N2O3S. The summed E-state index contributed by atoms with van der Waals surface area (Å²) in [5.74, 6) is 0.139. The second kappa shape index (κ2) is 6.16. The second-order valence-corrected chi connectivity index (χ2v) is 8.02. The maximum Gasteiger partial charge on any atom is 0.264 e. The van der Waals surface area contributed by atoms with E-state index in [1.165, 1.54) is 11.3 Å². The standard InChI is InChI=1S/C17H26N2O3S/c1-12-4-9-23-14(12)15(20)19-7-5-17(6-8-19)10-13(18-3)16(2,21)11-22-17/h4,9,13,18,21H,5-8,10-11H2,1-3H3/t13-,16-/m0/s1. The van der Waals surface area contributed by atoms with Gasteiger partial charge in [0.05, 0.1) is 17.1 Å². The fourth-order valence-electron chi connectivity index (χ4n) is 3.66. The fourth-order valence-corrected chi connectivity index (χ4v) is 4.56. The Balaban J connectivity index is 1.64. The average Bonchev–Trinajstić information content (AvgIpc) is 2.96. The number of carbonyl (C=O) groups excluding carboxylic acids is 1. The van der Waals surface area contributed by atoms with E-state index in [2.05, 4.69) is 5.32 Å². The number of rotatable bonds is 2. The Morgan fingerprint density at radius 2 is 2.17 bits per heavy atom. The summed E-state index contributed by atoms with van der Waals surface area (Å²) in [5.41, 5.74) is 0.0126. The summed E-state index contributed by atoms with van der Waals surface area (Å²) in [6.07, 6.45) is 2.45. The first kappa shape index (κ1) is 16.9. The first-order chi connectivity index (χ1) is 10.9. The maximum absolute atomic E-state index is 12.6. The molecule has 0 saturated carbocycles. The van der Waals surface area contributed by atoms with Gasteiger partial charge in [-0.2, -0.15) is 0 Å². The first-order valence-electron chi connectivity index (χ1n) is 8.24. The van der Waals surface area contributed by atoms with E-state index in [4.69, 9.17) is 4.74 Å². The molecule has 6 heteroatoms. The molecule has 2 aliphatic heterocycles. The van der Waals surface area contributed by atoms with Gasteiger partial charge in [-0.25, -0.2) is 0 Å². The third-order valence-corrected chi connectivity index (χ3v) is 6.37. The lowest BCUT2D eigenvalue weighted by molar-refractivity contribution is -0.189. The number of carbonyl (C=O) groups is 1. The first-order valence-corrected chi connectivity index (χ1v) is 9.12. The van der Waals surface area contributed by atoms with Crippen molar-refractivity contribution in [2.24, 2.45) is 0 Å². The minimum atomic E-state index is -0.832. The molecule has 1 amide bonds. The Morgan fingerprint density at radius 1 is 1.48 bits per heavy atom. The molecular weight excluding hydrogens is 312 g/mol. The van der Waals surface area contributed by atoms with Crippen molar-refractivity contribution in [1.82, 2.24) is 10.2 Å². The summed E-state index contributed by atoms with van der Waals surface area (Å²) in [7, 11) is 1.89. The molecule has 2 N–H and O–H groups in total.